The van der Waals surface area contributed by atoms with Crippen LogP contribution in [0, 0.1) is 5.82 Å². The summed E-state index contributed by atoms with van der Waals surface area (Å²) in [6, 6.07) is 1.21. The van der Waals surface area contributed by atoms with Crippen LogP contribution in [-0.2, 0) is 4.79 Å². The van der Waals surface area contributed by atoms with Crippen molar-refractivity contribution in [1.82, 2.24) is 4.98 Å². The average molecular weight is 166 g/mol. The van der Waals surface area contributed by atoms with Crippen LogP contribution >= 0.6 is 0 Å². The summed E-state index contributed by atoms with van der Waals surface area (Å²) in [6.07, 6.45) is 5.01. The van der Waals surface area contributed by atoms with Gasteiger partial charge in [-0.2, -0.15) is 0 Å². The van der Waals surface area contributed by atoms with E-state index in [-0.39, 0.29) is 5.56 Å². The van der Waals surface area contributed by atoms with E-state index < -0.39 is 11.7 Å². The fraction of sp³-hybridized carbons (Fsp3) is 0. The number of halogens is 1. The summed E-state index contributed by atoms with van der Waals surface area (Å²) < 4.78 is 12.8. The molecule has 0 saturated carbocycles. The minimum Gasteiger partial charge on any atom is -0.366 e. The molecule has 1 rings (SSSR count). The van der Waals surface area contributed by atoms with Gasteiger partial charge in [0.2, 0.25) is 5.91 Å². The number of carbonyl (C=O) groups is 1. The number of hydrogen-bond donors (Lipinski definition) is 1. The van der Waals surface area contributed by atoms with E-state index in [4.69, 9.17) is 5.73 Å². The Balaban J connectivity index is 2.89. The first-order valence-corrected chi connectivity index (χ1v) is 3.27. The summed E-state index contributed by atoms with van der Waals surface area (Å²) >= 11 is 0. The summed E-state index contributed by atoms with van der Waals surface area (Å²) in [5.74, 6) is -1.04. The number of nitrogens with zero attached hydrogens (tertiary/aromatic N) is 1. The van der Waals surface area contributed by atoms with Gasteiger partial charge in [0.25, 0.3) is 0 Å². The zero-order valence-corrected chi connectivity index (χ0v) is 6.20. The quantitative estimate of drug-likeness (QED) is 0.658. The van der Waals surface area contributed by atoms with Crippen molar-refractivity contribution in [2.75, 3.05) is 0 Å². The first kappa shape index (κ1) is 8.39. The molecule has 3 nitrogen and oxygen atoms in total. The molecule has 0 aliphatic carbocycles. The van der Waals surface area contributed by atoms with Crippen molar-refractivity contribution in [3.05, 3.63) is 35.9 Å². The van der Waals surface area contributed by atoms with Crippen molar-refractivity contribution in [3.63, 3.8) is 0 Å². The molecule has 1 aromatic rings. The summed E-state index contributed by atoms with van der Waals surface area (Å²) in [7, 11) is 0. The molecule has 0 saturated heterocycles. The van der Waals surface area contributed by atoms with Crippen LogP contribution in [0.25, 0.3) is 6.08 Å². The summed E-state index contributed by atoms with van der Waals surface area (Å²) in [5.41, 5.74) is 5.07. The normalized spacial score (nSPS) is 10.4. The molecule has 0 aliphatic heterocycles. The van der Waals surface area contributed by atoms with E-state index in [0.717, 1.165) is 6.08 Å². The van der Waals surface area contributed by atoms with Crippen LogP contribution < -0.4 is 5.73 Å². The second-order valence-electron chi connectivity index (χ2n) is 2.13. The second kappa shape index (κ2) is 3.61. The number of hydrogen-bond acceptors (Lipinski definition) is 2. The maximum Gasteiger partial charge on any atom is 0.241 e. The maximum atomic E-state index is 12.8. The number of pyridine rings is 1. The largest absolute Gasteiger partial charge is 0.366 e. The van der Waals surface area contributed by atoms with Gasteiger partial charge in [-0.25, -0.2) is 4.39 Å². The molecule has 12 heavy (non-hydrogen) atoms. The van der Waals surface area contributed by atoms with Crippen molar-refractivity contribution in [1.29, 1.82) is 0 Å². The molecule has 0 aromatic carbocycles. The van der Waals surface area contributed by atoms with Crippen molar-refractivity contribution in [3.8, 4) is 0 Å². The monoisotopic (exact) mass is 166 g/mol. The zero-order valence-electron chi connectivity index (χ0n) is 6.20. The highest BCUT2D eigenvalue weighted by Gasteiger charge is 1.95. The molecule has 1 heterocycles. The lowest BCUT2D eigenvalue weighted by Crippen LogP contribution is -2.05. The van der Waals surface area contributed by atoms with E-state index >= 15 is 0 Å². The van der Waals surface area contributed by atoms with Gasteiger partial charge in [0.1, 0.15) is 5.82 Å². The van der Waals surface area contributed by atoms with Gasteiger partial charge >= 0.3 is 0 Å². The molecular formula is C8H7FN2O. The van der Waals surface area contributed by atoms with Gasteiger partial charge in [-0.05, 0) is 12.1 Å². The van der Waals surface area contributed by atoms with E-state index in [1.165, 1.54) is 24.5 Å². The Morgan fingerprint density at radius 3 is 3.00 bits per heavy atom. The second-order valence-corrected chi connectivity index (χ2v) is 2.13. The highest BCUT2D eigenvalue weighted by molar-refractivity contribution is 5.90. The molecule has 0 atom stereocenters. The minimum atomic E-state index is -0.613. The van der Waals surface area contributed by atoms with Crippen molar-refractivity contribution >= 4 is 12.0 Å². The molecule has 0 fully saturated rings. The van der Waals surface area contributed by atoms with E-state index in [0.29, 0.717) is 0 Å². The third-order valence-electron chi connectivity index (χ3n) is 1.22. The van der Waals surface area contributed by atoms with Gasteiger partial charge in [0.05, 0.1) is 0 Å². The Morgan fingerprint density at radius 1 is 1.67 bits per heavy atom. The zero-order chi connectivity index (χ0) is 8.97. The van der Waals surface area contributed by atoms with E-state index in [2.05, 4.69) is 4.98 Å². The van der Waals surface area contributed by atoms with Crippen LogP contribution in [0.3, 0.4) is 0 Å². The van der Waals surface area contributed by atoms with Gasteiger partial charge in [0.15, 0.2) is 0 Å². The van der Waals surface area contributed by atoms with Crippen LogP contribution in [0.1, 0.15) is 5.56 Å². The molecule has 4 heteroatoms. The Morgan fingerprint density at radius 2 is 2.42 bits per heavy atom. The molecule has 1 aromatic heterocycles. The smallest absolute Gasteiger partial charge is 0.241 e. The topological polar surface area (TPSA) is 56.0 Å². The predicted molar refractivity (Wildman–Crippen MR) is 42.4 cm³/mol. The number of primary amides is 1. The molecule has 2 N–H and O–H groups in total. The van der Waals surface area contributed by atoms with E-state index in [1.54, 1.807) is 0 Å². The third-order valence-corrected chi connectivity index (χ3v) is 1.22. The molecular weight excluding hydrogens is 159 g/mol. The Kier molecular flexibility index (Phi) is 2.53. The Bertz CT molecular complexity index is 323. The predicted octanol–water partition coefficient (Wildman–Crippen LogP) is 0.719. The van der Waals surface area contributed by atoms with Crippen molar-refractivity contribution < 1.29 is 9.18 Å². The lowest BCUT2D eigenvalue weighted by molar-refractivity contribution is -0.113. The number of aromatic nitrogens is 1. The molecule has 1 amide bonds. The van der Waals surface area contributed by atoms with Crippen molar-refractivity contribution in [2.24, 2.45) is 5.73 Å². The van der Waals surface area contributed by atoms with Crippen molar-refractivity contribution in [2.45, 2.75) is 0 Å². The number of rotatable bonds is 2. The van der Waals surface area contributed by atoms with Gasteiger partial charge < -0.3 is 5.73 Å². The van der Waals surface area contributed by atoms with Gasteiger partial charge in [0, 0.05) is 24.0 Å². The van der Waals surface area contributed by atoms with E-state index in [1.807, 2.05) is 0 Å². The molecule has 62 valence electrons. The van der Waals surface area contributed by atoms with Gasteiger partial charge in [-0.3, -0.25) is 9.78 Å². The number of carbonyl (C=O) groups excluding carboxylic acids is 1. The third kappa shape index (κ3) is 2.16. The molecule has 0 aliphatic rings. The van der Waals surface area contributed by atoms with Crippen LogP contribution in [0.15, 0.2) is 24.5 Å². The Hall–Kier alpha value is -1.71. The fourth-order valence-corrected chi connectivity index (χ4v) is 0.684. The molecule has 0 radical (unpaired) electrons. The first-order valence-electron chi connectivity index (χ1n) is 3.27. The lowest BCUT2D eigenvalue weighted by atomic mass is 10.2. The average Bonchev–Trinajstić information content (AvgIpc) is 2.03. The maximum absolute atomic E-state index is 12.8. The van der Waals surface area contributed by atoms with Crippen LogP contribution in [-0.4, -0.2) is 10.9 Å². The minimum absolute atomic E-state index is 0.247. The van der Waals surface area contributed by atoms with Gasteiger partial charge in [-0.1, -0.05) is 0 Å². The Labute approximate surface area is 68.7 Å². The standard InChI is InChI=1S/C8H7FN2O/c9-7-3-4-11-5-6(7)1-2-8(10)12/h1-5H,(H2,10,12). The number of nitrogens with two attached hydrogens (primary N) is 1. The van der Waals surface area contributed by atoms with Crippen LogP contribution in [0.4, 0.5) is 4.39 Å². The summed E-state index contributed by atoms with van der Waals surface area (Å²) in [6.45, 7) is 0. The number of amides is 1. The summed E-state index contributed by atoms with van der Waals surface area (Å²) in [4.78, 5) is 14.0. The van der Waals surface area contributed by atoms with E-state index in [9.17, 15) is 9.18 Å². The SMILES string of the molecule is NC(=O)C=Cc1cnccc1F. The fourth-order valence-electron chi connectivity index (χ4n) is 0.684. The van der Waals surface area contributed by atoms with Crippen LogP contribution in [0.5, 0.6) is 0 Å². The molecule has 0 spiro atoms. The highest BCUT2D eigenvalue weighted by Crippen LogP contribution is 2.05. The highest BCUT2D eigenvalue weighted by atomic mass is 19.1. The van der Waals surface area contributed by atoms with Crippen LogP contribution in [0.2, 0.25) is 0 Å². The lowest BCUT2D eigenvalue weighted by Gasteiger charge is -1.92. The summed E-state index contributed by atoms with van der Waals surface area (Å²) in [5, 5.41) is 0. The van der Waals surface area contributed by atoms with Gasteiger partial charge in [-0.15, -0.1) is 0 Å². The molecule has 0 unspecified atom stereocenters. The first-order chi connectivity index (χ1) is 5.70. The molecule has 0 bridgehead atoms.